The summed E-state index contributed by atoms with van der Waals surface area (Å²) in [6.07, 6.45) is 14.7. The number of hydrogen-bond donors (Lipinski definition) is 1. The summed E-state index contributed by atoms with van der Waals surface area (Å²) in [6.45, 7) is 54.2. The molecular weight excluding hydrogens is 1350 g/mol. The number of aliphatic hydroxyl groups is 1. The quantitative estimate of drug-likeness (QED) is 0.108. The molecule has 0 amide bonds. The molecule has 0 radical (unpaired) electrons. The van der Waals surface area contributed by atoms with Crippen LogP contribution in [-0.2, 0) is 97.5 Å². The molecule has 2 aliphatic heterocycles. The van der Waals surface area contributed by atoms with Crippen molar-refractivity contribution in [3.8, 4) is 17.6 Å². The lowest BCUT2D eigenvalue weighted by Gasteiger charge is -2.54. The van der Waals surface area contributed by atoms with Crippen molar-refractivity contribution in [1.82, 2.24) is 39.9 Å². The fraction of sp³-hybridized carbons (Fsp3) is 0.770. The molecule has 4 aromatic rings. The van der Waals surface area contributed by atoms with Gasteiger partial charge in [-0.05, 0) is 121 Å². The van der Waals surface area contributed by atoms with Crippen LogP contribution in [0, 0.1) is 47.3 Å². The van der Waals surface area contributed by atoms with Gasteiger partial charge in [0, 0.05) is 114 Å². The van der Waals surface area contributed by atoms with Crippen molar-refractivity contribution >= 4 is 23.2 Å². The molecule has 0 unspecified atom stereocenters. The normalized spacial score (nSPS) is 30.4. The Morgan fingerprint density at radius 2 is 0.745 bits per heavy atom. The smallest absolute Gasteiger partial charge is 0.220 e. The number of aromatic nitrogens is 8. The highest BCUT2D eigenvalue weighted by molar-refractivity contribution is 6.30. The van der Waals surface area contributed by atoms with Crippen molar-refractivity contribution in [1.29, 1.82) is 0 Å². The second-order valence-corrected chi connectivity index (χ2v) is 36.9. The van der Waals surface area contributed by atoms with Crippen molar-refractivity contribution in [2.45, 2.75) is 340 Å². The van der Waals surface area contributed by atoms with E-state index in [4.69, 9.17) is 79.6 Å². The van der Waals surface area contributed by atoms with Crippen LogP contribution in [0.25, 0.3) is 0 Å². The Morgan fingerprint density at radius 3 is 1.09 bits per heavy atom. The predicted molar refractivity (Wildman–Crippen MR) is 424 cm³/mol. The summed E-state index contributed by atoms with van der Waals surface area (Å²) in [7, 11) is 0. The van der Waals surface area contributed by atoms with Crippen LogP contribution in [0.15, 0.2) is 11.8 Å². The molecule has 0 bridgehead atoms. The van der Waals surface area contributed by atoms with Gasteiger partial charge in [0.05, 0.1) is 75.3 Å². The van der Waals surface area contributed by atoms with Crippen molar-refractivity contribution in [3.63, 3.8) is 0 Å². The number of Topliss-reactive ketones (excluding diaryl/α,β-unsaturated/α-hetero) is 2. The van der Waals surface area contributed by atoms with Gasteiger partial charge >= 0.3 is 0 Å². The zero-order chi connectivity index (χ0) is 74.5. The number of rotatable bonds is 6. The standard InChI is InChI=1S/C22H34N2O3.C21H30N2O3.C20H29ClN2O2.C20H30N2O2.4CH4/c1-7-25-18-15-8-9-16-14(2)22(26-12-13-27-22)11-10-21(16,6)17(15)23-19(24-18)20(3,4)5;1-7-26-18-14-8-9-15-12(2)16(25)13(11-24)10-21(15,6)17(14)22-19(23-18)20(3,4)5;1-12-14-7-6-13-15(22-17(18(2,3)4)23-16(13)21)19(14,5)8-9-20(12)24-10-11-25-20;1-7-24-17-13-8-9-14-12(2)15(23)10-11-20(14,6)16(13)21-18(22-17)19(3,4)5;;;;/h14,16H,7-13H2,1-6H3;11-12,15,24H,7-10H2,1-6H3;12,14H,6-11H2,1-5H3;12,14H,7-11H2,1-6H3;4*1H4/b;13-11-;;;;;;/t14-,16-,21-;12-,15-,21-;12-,14-,19-;12-,14-,20-;;;;/m0000..../s1. The molecule has 10 aliphatic rings. The number of halogens is 1. The number of ketones is 2. The average Bonchev–Trinajstić information content (AvgIpc) is 1.22. The number of carbonyl (C=O) groups excluding carboxylic acids is 2. The Balaban J connectivity index is 0.000000195. The van der Waals surface area contributed by atoms with E-state index in [9.17, 15) is 14.7 Å². The third kappa shape index (κ3) is 15.7. The van der Waals surface area contributed by atoms with Gasteiger partial charge in [-0.3, -0.25) is 9.59 Å². The Bertz CT molecular complexity index is 3820. The van der Waals surface area contributed by atoms with Gasteiger partial charge in [-0.25, -0.2) is 24.9 Å². The number of nitrogens with zero attached hydrogens (tertiary/aromatic N) is 8. The molecule has 4 aromatic heterocycles. The van der Waals surface area contributed by atoms with E-state index in [1.54, 1.807) is 0 Å². The number of allylic oxidation sites excluding steroid dienone is 1. The predicted octanol–water partition coefficient (Wildman–Crippen LogP) is 19.2. The van der Waals surface area contributed by atoms with Gasteiger partial charge in [-0.2, -0.15) is 15.0 Å². The molecule has 14 rings (SSSR count). The van der Waals surface area contributed by atoms with Crippen LogP contribution in [0.5, 0.6) is 17.6 Å². The van der Waals surface area contributed by atoms with Gasteiger partial charge in [-0.15, -0.1) is 0 Å². The molecule has 12 atom stereocenters. The first kappa shape index (κ1) is 88.0. The molecule has 1 N–H and O–H groups in total. The van der Waals surface area contributed by atoms with Crippen molar-refractivity contribution in [2.24, 2.45) is 47.3 Å². The lowest BCUT2D eigenvalue weighted by molar-refractivity contribution is -0.235. The van der Waals surface area contributed by atoms with Crippen LogP contribution in [0.1, 0.15) is 328 Å². The molecular formula is C87H139ClN8O10. The van der Waals surface area contributed by atoms with Gasteiger partial charge < -0.3 is 38.3 Å². The Hall–Kier alpha value is -5.27. The monoisotopic (exact) mass is 1490 g/mol. The Labute approximate surface area is 644 Å². The third-order valence-corrected chi connectivity index (χ3v) is 26.1. The number of carbonyl (C=O) groups is 2. The van der Waals surface area contributed by atoms with E-state index in [2.05, 4.69) is 137 Å². The summed E-state index contributed by atoms with van der Waals surface area (Å²) in [4.78, 5) is 64.0. The van der Waals surface area contributed by atoms with Gasteiger partial charge in [0.1, 0.15) is 34.2 Å². The van der Waals surface area contributed by atoms with E-state index >= 15 is 0 Å². The minimum atomic E-state index is -0.385. The molecule has 18 nitrogen and oxygen atoms in total. The maximum atomic E-state index is 12.6. The summed E-state index contributed by atoms with van der Waals surface area (Å²) in [6, 6.07) is 0. The fourth-order valence-electron chi connectivity index (χ4n) is 19.8. The zero-order valence-electron chi connectivity index (χ0n) is 66.3. The van der Waals surface area contributed by atoms with E-state index in [0.29, 0.717) is 97.9 Å². The number of ether oxygens (including phenoxy) is 7. The lowest BCUT2D eigenvalue weighted by atomic mass is 9.55. The van der Waals surface area contributed by atoms with Crippen LogP contribution in [0.4, 0.5) is 0 Å². The zero-order valence-corrected chi connectivity index (χ0v) is 67.1. The maximum Gasteiger partial charge on any atom is 0.220 e. The molecule has 106 heavy (non-hydrogen) atoms. The molecule has 4 saturated carbocycles. The van der Waals surface area contributed by atoms with Gasteiger partial charge in [0.25, 0.3) is 0 Å². The number of hydrogen-bond acceptors (Lipinski definition) is 18. The van der Waals surface area contributed by atoms with E-state index in [-0.39, 0.29) is 108 Å². The highest BCUT2D eigenvalue weighted by Gasteiger charge is 2.61. The molecule has 0 aromatic carbocycles. The first-order valence-electron chi connectivity index (χ1n) is 38.9. The maximum absolute atomic E-state index is 12.6. The Kier molecular flexibility index (Phi) is 26.7. The van der Waals surface area contributed by atoms with Gasteiger partial charge in [-0.1, -0.05) is 180 Å². The minimum Gasteiger partial charge on any atom is -0.515 e. The largest absolute Gasteiger partial charge is 0.515 e. The van der Waals surface area contributed by atoms with Gasteiger partial charge in [0.15, 0.2) is 17.4 Å². The molecule has 8 aliphatic carbocycles. The second-order valence-electron chi connectivity index (χ2n) is 36.6. The van der Waals surface area contributed by atoms with Crippen LogP contribution < -0.4 is 14.2 Å². The highest BCUT2D eigenvalue weighted by Crippen LogP contribution is 2.61. The van der Waals surface area contributed by atoms with Crippen molar-refractivity contribution in [2.75, 3.05) is 46.2 Å². The topological polar surface area (TPSA) is 222 Å². The molecule has 594 valence electrons. The lowest BCUT2D eigenvalue weighted by Crippen LogP contribution is -2.55. The molecule has 2 saturated heterocycles. The summed E-state index contributed by atoms with van der Waals surface area (Å²) in [5.41, 5.74) is 8.78. The Morgan fingerprint density at radius 1 is 0.434 bits per heavy atom. The van der Waals surface area contributed by atoms with Crippen molar-refractivity contribution in [3.05, 3.63) is 85.3 Å². The van der Waals surface area contributed by atoms with E-state index in [1.807, 2.05) is 27.7 Å². The first-order valence-corrected chi connectivity index (χ1v) is 39.2. The summed E-state index contributed by atoms with van der Waals surface area (Å²) in [5, 5.41) is 10.3. The average molecular weight is 1490 g/mol. The number of fused-ring (bicyclic) bond motifs is 12. The molecule has 6 fully saturated rings. The minimum absolute atomic E-state index is 0. The van der Waals surface area contributed by atoms with Crippen LogP contribution in [-0.4, -0.2) is 114 Å². The van der Waals surface area contributed by atoms with Crippen LogP contribution in [0.2, 0.25) is 5.15 Å². The number of aliphatic hydroxyl groups excluding tert-OH is 1. The second kappa shape index (κ2) is 32.2. The fourth-order valence-corrected chi connectivity index (χ4v) is 20.1. The highest BCUT2D eigenvalue weighted by atomic mass is 35.5. The summed E-state index contributed by atoms with van der Waals surface area (Å²) < 4.78 is 42.2. The van der Waals surface area contributed by atoms with E-state index < -0.39 is 0 Å². The summed E-state index contributed by atoms with van der Waals surface area (Å²) in [5.74, 6) is 7.58. The van der Waals surface area contributed by atoms with E-state index in [1.165, 1.54) is 22.5 Å². The van der Waals surface area contributed by atoms with Crippen LogP contribution in [0.3, 0.4) is 0 Å². The van der Waals surface area contributed by atoms with Crippen LogP contribution >= 0.6 is 11.6 Å². The molecule has 19 heteroatoms. The summed E-state index contributed by atoms with van der Waals surface area (Å²) >= 11 is 6.60. The van der Waals surface area contributed by atoms with Gasteiger partial charge in [0.2, 0.25) is 17.6 Å². The molecule has 2 spiro atoms. The SMILES string of the molecule is C.C.C.C.CCOc1nc(C(C)(C)C)nc2c1CC[C@H]1[C@H](C)C(=O)/C(=C\O)C[C@]21C.CCOc1nc(C(C)(C)C)nc2c1CC[C@H]1[C@H](C)C(=O)CC[C@]21C.CCOc1nc(C(C)(C)C)nc2c1CC[C@H]1[C@H](C)C3(CC[C@]21C)OCCO3.C[C@H]1[C@@H]2CCc3c(Cl)nc(C(C)(C)C)nc3[C@@]2(C)CCC12OCCO2. The van der Waals surface area contributed by atoms with E-state index in [0.717, 1.165) is 161 Å². The third-order valence-electron chi connectivity index (χ3n) is 25.8. The molecule has 6 heterocycles. The van der Waals surface area contributed by atoms with Crippen molar-refractivity contribution < 1.29 is 47.9 Å². The first-order chi connectivity index (χ1) is 47.7.